The van der Waals surface area contributed by atoms with Crippen LogP contribution in [0.25, 0.3) is 0 Å². The van der Waals surface area contributed by atoms with Crippen LogP contribution >= 0.6 is 0 Å². The topological polar surface area (TPSA) is 71.0 Å². The van der Waals surface area contributed by atoms with Crippen LogP contribution < -0.4 is 5.32 Å². The molecule has 0 radical (unpaired) electrons. The van der Waals surface area contributed by atoms with Crippen molar-refractivity contribution in [1.29, 1.82) is 0 Å². The molecule has 3 atom stereocenters. The largest absolute Gasteiger partial charge is 0.417 e. The molecule has 2 aromatic heterocycles. The highest BCUT2D eigenvalue weighted by molar-refractivity contribution is 5.84. The zero-order valence-electron chi connectivity index (χ0n) is 18.7. The maximum atomic E-state index is 13.8. The SMILES string of the molecule is Cc1cnc(CNC2CC3CCCC3(C(=O)N3CCc4ncc(C(F)(F)F)cc4C3)C2)cn1. The molecular formula is C24H28F3N5O. The number of aromatic nitrogens is 3. The molecule has 0 saturated heterocycles. The zero-order valence-corrected chi connectivity index (χ0v) is 18.7. The van der Waals surface area contributed by atoms with E-state index in [1.807, 2.05) is 6.92 Å². The number of nitrogens with one attached hydrogen (secondary N) is 1. The van der Waals surface area contributed by atoms with Gasteiger partial charge in [-0.15, -0.1) is 0 Å². The van der Waals surface area contributed by atoms with Gasteiger partial charge in [-0.05, 0) is 50.2 Å². The van der Waals surface area contributed by atoms with Gasteiger partial charge in [-0.3, -0.25) is 19.7 Å². The van der Waals surface area contributed by atoms with Crippen molar-refractivity contribution >= 4 is 5.91 Å². The zero-order chi connectivity index (χ0) is 23.2. The molecular weight excluding hydrogens is 431 g/mol. The van der Waals surface area contributed by atoms with E-state index in [-0.39, 0.29) is 18.5 Å². The maximum Gasteiger partial charge on any atom is 0.417 e. The molecule has 1 amide bonds. The molecule has 3 unspecified atom stereocenters. The summed E-state index contributed by atoms with van der Waals surface area (Å²) in [5.41, 5.74) is 1.76. The lowest BCUT2D eigenvalue weighted by Crippen LogP contribution is -2.46. The van der Waals surface area contributed by atoms with Crippen molar-refractivity contribution < 1.29 is 18.0 Å². The van der Waals surface area contributed by atoms with E-state index in [0.29, 0.717) is 36.7 Å². The fraction of sp³-hybridized carbons (Fsp3) is 0.583. The molecule has 1 N–H and O–H groups in total. The summed E-state index contributed by atoms with van der Waals surface area (Å²) < 4.78 is 39.5. The van der Waals surface area contributed by atoms with Gasteiger partial charge >= 0.3 is 6.18 Å². The van der Waals surface area contributed by atoms with Crippen LogP contribution in [-0.4, -0.2) is 38.3 Å². The van der Waals surface area contributed by atoms with Crippen LogP contribution in [-0.2, 0) is 30.5 Å². The first-order chi connectivity index (χ1) is 15.7. The number of hydrogen-bond donors (Lipinski definition) is 1. The van der Waals surface area contributed by atoms with Crippen molar-refractivity contribution in [2.75, 3.05) is 6.54 Å². The van der Waals surface area contributed by atoms with Crippen LogP contribution in [0.1, 0.15) is 60.3 Å². The van der Waals surface area contributed by atoms with Gasteiger partial charge in [0.1, 0.15) is 0 Å². The summed E-state index contributed by atoms with van der Waals surface area (Å²) in [6.07, 6.45) is 5.08. The molecule has 2 aliphatic carbocycles. The third-order valence-corrected chi connectivity index (χ3v) is 7.62. The Bertz CT molecular complexity index is 1040. The van der Waals surface area contributed by atoms with Crippen LogP contribution in [0.15, 0.2) is 24.7 Å². The number of fused-ring (bicyclic) bond motifs is 2. The number of alkyl halides is 3. The van der Waals surface area contributed by atoms with Crippen LogP contribution in [0.5, 0.6) is 0 Å². The number of amides is 1. The molecule has 3 heterocycles. The predicted molar refractivity (Wildman–Crippen MR) is 115 cm³/mol. The Labute approximate surface area is 191 Å². The number of aryl methyl sites for hydroxylation is 1. The minimum Gasteiger partial charge on any atom is -0.337 e. The first kappa shape index (κ1) is 22.3. The standard InChI is InChI=1S/C24H28F3N5O/c1-15-10-29-20(12-28-15)13-30-19-8-17-3-2-5-23(17,9-19)22(33)32-6-4-21-16(14-32)7-18(11-31-21)24(25,26)27/h7,10-12,17,19,30H,2-6,8-9,13-14H2,1H3. The van der Waals surface area contributed by atoms with Gasteiger partial charge in [-0.1, -0.05) is 6.42 Å². The fourth-order valence-electron chi connectivity index (χ4n) is 5.98. The predicted octanol–water partition coefficient (Wildman–Crippen LogP) is 3.82. The van der Waals surface area contributed by atoms with Gasteiger partial charge < -0.3 is 10.2 Å². The Morgan fingerprint density at radius 1 is 1.24 bits per heavy atom. The molecule has 2 aromatic rings. The van der Waals surface area contributed by atoms with Crippen molar-refractivity contribution in [2.45, 2.75) is 70.8 Å². The van der Waals surface area contributed by atoms with Crippen molar-refractivity contribution in [3.05, 3.63) is 52.9 Å². The lowest BCUT2D eigenvalue weighted by molar-refractivity contribution is -0.144. The number of halogens is 3. The molecule has 1 aliphatic heterocycles. The summed E-state index contributed by atoms with van der Waals surface area (Å²) in [6, 6.07) is 1.38. The first-order valence-electron chi connectivity index (χ1n) is 11.6. The number of pyridine rings is 1. The second-order valence-corrected chi connectivity index (χ2v) is 9.72. The third-order valence-electron chi connectivity index (χ3n) is 7.62. The summed E-state index contributed by atoms with van der Waals surface area (Å²) in [4.78, 5) is 28.3. The van der Waals surface area contributed by atoms with Gasteiger partial charge in [0.25, 0.3) is 0 Å². The van der Waals surface area contributed by atoms with Crippen molar-refractivity contribution in [3.63, 3.8) is 0 Å². The molecule has 5 rings (SSSR count). The minimum atomic E-state index is -4.43. The van der Waals surface area contributed by atoms with E-state index in [2.05, 4.69) is 20.3 Å². The third kappa shape index (κ3) is 4.23. The Morgan fingerprint density at radius 3 is 2.85 bits per heavy atom. The van der Waals surface area contributed by atoms with E-state index < -0.39 is 17.2 Å². The summed E-state index contributed by atoms with van der Waals surface area (Å²) in [6.45, 7) is 3.22. The molecule has 0 bridgehead atoms. The van der Waals surface area contributed by atoms with Gasteiger partial charge in [0.15, 0.2) is 0 Å². The molecule has 176 valence electrons. The van der Waals surface area contributed by atoms with Crippen molar-refractivity contribution in [2.24, 2.45) is 11.3 Å². The second-order valence-electron chi connectivity index (χ2n) is 9.72. The second kappa shape index (κ2) is 8.34. The maximum absolute atomic E-state index is 13.8. The molecule has 2 fully saturated rings. The Kier molecular flexibility index (Phi) is 5.63. The molecule has 33 heavy (non-hydrogen) atoms. The number of nitrogens with zero attached hydrogens (tertiary/aromatic N) is 4. The molecule has 2 saturated carbocycles. The number of rotatable bonds is 4. The number of carbonyl (C=O) groups excluding carboxylic acids is 1. The molecule has 0 aromatic carbocycles. The quantitative estimate of drug-likeness (QED) is 0.753. The van der Waals surface area contributed by atoms with Gasteiger partial charge in [0, 0.05) is 56.4 Å². The minimum absolute atomic E-state index is 0.104. The summed E-state index contributed by atoms with van der Waals surface area (Å²) >= 11 is 0. The molecule has 9 heteroatoms. The average Bonchev–Trinajstić information content (AvgIpc) is 3.35. The Hall–Kier alpha value is -2.55. The number of hydrogen-bond acceptors (Lipinski definition) is 5. The average molecular weight is 460 g/mol. The van der Waals surface area contributed by atoms with Crippen LogP contribution in [0.3, 0.4) is 0 Å². The van der Waals surface area contributed by atoms with E-state index in [4.69, 9.17) is 0 Å². The molecule has 0 spiro atoms. The smallest absolute Gasteiger partial charge is 0.337 e. The van der Waals surface area contributed by atoms with Gasteiger partial charge in [0.05, 0.1) is 22.4 Å². The van der Waals surface area contributed by atoms with Gasteiger partial charge in [-0.2, -0.15) is 13.2 Å². The normalized spacial score (nSPS) is 26.8. The van der Waals surface area contributed by atoms with E-state index in [0.717, 1.165) is 55.8 Å². The summed E-state index contributed by atoms with van der Waals surface area (Å²) in [5, 5.41) is 3.56. The van der Waals surface area contributed by atoms with Crippen LogP contribution in [0.2, 0.25) is 0 Å². The number of carbonyl (C=O) groups is 1. The lowest BCUT2D eigenvalue weighted by Gasteiger charge is -2.37. The fourth-order valence-corrected chi connectivity index (χ4v) is 5.98. The van der Waals surface area contributed by atoms with Crippen molar-refractivity contribution in [3.8, 4) is 0 Å². The van der Waals surface area contributed by atoms with Crippen LogP contribution in [0.4, 0.5) is 13.2 Å². The first-order valence-corrected chi connectivity index (χ1v) is 11.6. The van der Waals surface area contributed by atoms with E-state index in [1.54, 1.807) is 17.3 Å². The molecule has 6 nitrogen and oxygen atoms in total. The summed E-state index contributed by atoms with van der Waals surface area (Å²) in [7, 11) is 0. The Morgan fingerprint density at radius 2 is 2.09 bits per heavy atom. The van der Waals surface area contributed by atoms with Gasteiger partial charge in [-0.25, -0.2) is 0 Å². The molecule has 3 aliphatic rings. The Balaban J connectivity index is 1.29. The lowest BCUT2D eigenvalue weighted by atomic mass is 9.78. The summed E-state index contributed by atoms with van der Waals surface area (Å²) in [5.74, 6) is 0.417. The highest BCUT2D eigenvalue weighted by atomic mass is 19.4. The van der Waals surface area contributed by atoms with Crippen molar-refractivity contribution in [1.82, 2.24) is 25.2 Å². The van der Waals surface area contributed by atoms with E-state index in [9.17, 15) is 18.0 Å². The highest BCUT2D eigenvalue weighted by Gasteiger charge is 2.56. The van der Waals surface area contributed by atoms with E-state index in [1.165, 1.54) is 0 Å². The monoisotopic (exact) mass is 459 g/mol. The van der Waals surface area contributed by atoms with Crippen LogP contribution in [0, 0.1) is 18.3 Å². The van der Waals surface area contributed by atoms with Gasteiger partial charge in [0.2, 0.25) is 5.91 Å². The van der Waals surface area contributed by atoms with E-state index >= 15 is 0 Å². The highest BCUT2D eigenvalue weighted by Crippen LogP contribution is 2.55.